The third kappa shape index (κ3) is 4.64. The molecular formula is C18H17ClFNO4. The van der Waals surface area contributed by atoms with Crippen LogP contribution >= 0.6 is 11.6 Å². The summed E-state index contributed by atoms with van der Waals surface area (Å²) in [5.74, 6) is 0.0443. The quantitative estimate of drug-likeness (QED) is 0.781. The molecule has 1 amide bonds. The average Bonchev–Trinajstić information content (AvgIpc) is 2.60. The summed E-state index contributed by atoms with van der Waals surface area (Å²) in [5, 5.41) is 2.98. The normalized spacial score (nSPS) is 10.6. The first-order valence-electron chi connectivity index (χ1n) is 7.22. The Morgan fingerprint density at radius 1 is 1.04 bits per heavy atom. The molecule has 0 radical (unpaired) electrons. The Labute approximate surface area is 150 Å². The molecular weight excluding hydrogens is 349 g/mol. The predicted molar refractivity (Wildman–Crippen MR) is 95.2 cm³/mol. The zero-order chi connectivity index (χ0) is 18.4. The van der Waals surface area contributed by atoms with Gasteiger partial charge in [-0.05, 0) is 29.8 Å². The molecule has 0 aliphatic rings. The van der Waals surface area contributed by atoms with Crippen molar-refractivity contribution in [2.24, 2.45) is 0 Å². The highest BCUT2D eigenvalue weighted by Gasteiger charge is 2.11. The molecule has 2 aromatic carbocycles. The van der Waals surface area contributed by atoms with Gasteiger partial charge in [0, 0.05) is 12.1 Å². The molecule has 0 aromatic heterocycles. The van der Waals surface area contributed by atoms with Crippen LogP contribution in [0.15, 0.2) is 36.4 Å². The summed E-state index contributed by atoms with van der Waals surface area (Å²) in [6, 6.07) is 7.49. The number of hydrogen-bond donors (Lipinski definition) is 1. The summed E-state index contributed by atoms with van der Waals surface area (Å²) < 4.78 is 28.8. The largest absolute Gasteiger partial charge is 0.495 e. The number of carbonyl (C=O) groups is 1. The molecule has 0 saturated carbocycles. The first-order chi connectivity index (χ1) is 12.0. The van der Waals surface area contributed by atoms with Gasteiger partial charge in [-0.25, -0.2) is 4.39 Å². The van der Waals surface area contributed by atoms with Crippen molar-refractivity contribution in [2.75, 3.05) is 26.6 Å². The Morgan fingerprint density at radius 3 is 2.32 bits per heavy atom. The summed E-state index contributed by atoms with van der Waals surface area (Å²) in [5.41, 5.74) is 0.914. The molecule has 2 aromatic rings. The van der Waals surface area contributed by atoms with E-state index in [4.69, 9.17) is 25.8 Å². The first-order valence-corrected chi connectivity index (χ1v) is 7.60. The Bertz CT molecular complexity index is 808. The number of nitrogens with one attached hydrogen (secondary N) is 1. The Balaban J connectivity index is 2.14. The molecule has 0 spiro atoms. The number of ether oxygens (including phenoxy) is 3. The maximum absolute atomic E-state index is 13.6. The summed E-state index contributed by atoms with van der Waals surface area (Å²) in [6.07, 6.45) is 2.76. The zero-order valence-electron chi connectivity index (χ0n) is 13.9. The van der Waals surface area contributed by atoms with Crippen molar-refractivity contribution in [3.05, 3.63) is 52.8 Å². The molecule has 7 heteroatoms. The van der Waals surface area contributed by atoms with Crippen LogP contribution in [0.5, 0.6) is 17.2 Å². The highest BCUT2D eigenvalue weighted by molar-refractivity contribution is 6.32. The van der Waals surface area contributed by atoms with Gasteiger partial charge in [-0.15, -0.1) is 0 Å². The van der Waals surface area contributed by atoms with Crippen molar-refractivity contribution >= 4 is 29.3 Å². The van der Waals surface area contributed by atoms with Crippen LogP contribution in [0, 0.1) is 5.82 Å². The van der Waals surface area contributed by atoms with Gasteiger partial charge in [0.2, 0.25) is 5.91 Å². The Hall–Kier alpha value is -2.73. The van der Waals surface area contributed by atoms with Crippen molar-refractivity contribution in [3.63, 3.8) is 0 Å². The minimum absolute atomic E-state index is 0.138. The van der Waals surface area contributed by atoms with Crippen LogP contribution in [-0.2, 0) is 4.79 Å². The van der Waals surface area contributed by atoms with Crippen LogP contribution < -0.4 is 19.5 Å². The summed E-state index contributed by atoms with van der Waals surface area (Å²) >= 11 is 6.06. The molecule has 0 saturated heterocycles. The molecule has 0 aliphatic heterocycles. The van der Waals surface area contributed by atoms with Gasteiger partial charge in [0.25, 0.3) is 0 Å². The lowest BCUT2D eigenvalue weighted by molar-refractivity contribution is -0.111. The maximum Gasteiger partial charge on any atom is 0.248 e. The van der Waals surface area contributed by atoms with Gasteiger partial charge in [-0.1, -0.05) is 17.7 Å². The minimum atomic E-state index is -0.506. The molecule has 0 unspecified atom stereocenters. The monoisotopic (exact) mass is 365 g/mol. The number of benzene rings is 2. The van der Waals surface area contributed by atoms with E-state index in [0.717, 1.165) is 0 Å². The van der Waals surface area contributed by atoms with E-state index in [9.17, 15) is 9.18 Å². The second-order valence-corrected chi connectivity index (χ2v) is 5.31. The lowest BCUT2D eigenvalue weighted by Crippen LogP contribution is -2.09. The number of hydrogen-bond acceptors (Lipinski definition) is 4. The van der Waals surface area contributed by atoms with Crippen molar-refractivity contribution in [2.45, 2.75) is 0 Å². The van der Waals surface area contributed by atoms with Gasteiger partial charge in [-0.3, -0.25) is 4.79 Å². The molecule has 1 N–H and O–H groups in total. The zero-order valence-corrected chi connectivity index (χ0v) is 14.7. The molecule has 0 bridgehead atoms. The molecule has 0 aliphatic carbocycles. The van der Waals surface area contributed by atoms with E-state index in [2.05, 4.69) is 5.32 Å². The molecule has 0 heterocycles. The van der Waals surface area contributed by atoms with E-state index in [1.54, 1.807) is 12.1 Å². The van der Waals surface area contributed by atoms with E-state index in [1.165, 1.54) is 51.7 Å². The van der Waals surface area contributed by atoms with Gasteiger partial charge in [-0.2, -0.15) is 0 Å². The molecule has 5 nitrogen and oxygen atoms in total. The fourth-order valence-electron chi connectivity index (χ4n) is 2.09. The second kappa shape index (κ2) is 8.39. The van der Waals surface area contributed by atoms with E-state index in [1.807, 2.05) is 0 Å². The van der Waals surface area contributed by atoms with Crippen LogP contribution in [0.2, 0.25) is 5.02 Å². The smallest absolute Gasteiger partial charge is 0.248 e. The SMILES string of the molecule is COc1ccc(/C=C/C(=O)Nc2cc(Cl)c(OC)cc2OC)cc1F. The van der Waals surface area contributed by atoms with Gasteiger partial charge >= 0.3 is 0 Å². The number of rotatable bonds is 6. The molecule has 2 rings (SSSR count). The number of halogens is 2. The van der Waals surface area contributed by atoms with E-state index >= 15 is 0 Å². The maximum atomic E-state index is 13.6. The van der Waals surface area contributed by atoms with Gasteiger partial charge in [0.15, 0.2) is 11.6 Å². The molecule has 25 heavy (non-hydrogen) atoms. The molecule has 0 atom stereocenters. The number of methoxy groups -OCH3 is 3. The van der Waals surface area contributed by atoms with Crippen LogP contribution in [0.3, 0.4) is 0 Å². The lowest BCUT2D eigenvalue weighted by Gasteiger charge is -2.12. The Morgan fingerprint density at radius 2 is 1.72 bits per heavy atom. The fourth-order valence-corrected chi connectivity index (χ4v) is 2.33. The summed E-state index contributed by atoms with van der Waals surface area (Å²) in [4.78, 5) is 12.1. The third-order valence-corrected chi connectivity index (χ3v) is 3.63. The van der Waals surface area contributed by atoms with Gasteiger partial charge in [0.05, 0.1) is 32.0 Å². The van der Waals surface area contributed by atoms with Crippen LogP contribution in [-0.4, -0.2) is 27.2 Å². The van der Waals surface area contributed by atoms with Crippen molar-refractivity contribution in [3.8, 4) is 17.2 Å². The van der Waals surface area contributed by atoms with Crippen LogP contribution in [0.1, 0.15) is 5.56 Å². The highest BCUT2D eigenvalue weighted by atomic mass is 35.5. The Kier molecular flexibility index (Phi) is 6.25. The van der Waals surface area contributed by atoms with E-state index < -0.39 is 11.7 Å². The standard InChI is InChI=1S/C18H17ClFNO4/c1-23-15-6-4-11(8-13(15)20)5-7-18(22)21-14-9-12(19)16(24-2)10-17(14)25-3/h4-10H,1-3H3,(H,21,22)/b7-5+. The van der Waals surface area contributed by atoms with Crippen LogP contribution in [0.25, 0.3) is 6.08 Å². The van der Waals surface area contributed by atoms with E-state index in [0.29, 0.717) is 27.8 Å². The second-order valence-electron chi connectivity index (χ2n) is 4.90. The minimum Gasteiger partial charge on any atom is -0.495 e. The molecule has 132 valence electrons. The predicted octanol–water partition coefficient (Wildman–Crippen LogP) is 4.16. The van der Waals surface area contributed by atoms with Crippen LogP contribution in [0.4, 0.5) is 10.1 Å². The summed E-state index contributed by atoms with van der Waals surface area (Å²) in [7, 11) is 4.33. The van der Waals surface area contributed by atoms with Crippen molar-refractivity contribution in [1.29, 1.82) is 0 Å². The average molecular weight is 366 g/mol. The van der Waals surface area contributed by atoms with E-state index in [-0.39, 0.29) is 5.75 Å². The topological polar surface area (TPSA) is 56.8 Å². The third-order valence-electron chi connectivity index (χ3n) is 3.33. The van der Waals surface area contributed by atoms with Crippen molar-refractivity contribution < 1.29 is 23.4 Å². The fraction of sp³-hybridized carbons (Fsp3) is 0.167. The lowest BCUT2D eigenvalue weighted by atomic mass is 10.2. The number of anilines is 1. The number of amides is 1. The number of carbonyl (C=O) groups excluding carboxylic acids is 1. The van der Waals surface area contributed by atoms with Crippen molar-refractivity contribution in [1.82, 2.24) is 0 Å². The summed E-state index contributed by atoms with van der Waals surface area (Å²) in [6.45, 7) is 0. The molecule has 0 fully saturated rings. The first kappa shape index (κ1) is 18.6. The highest BCUT2D eigenvalue weighted by Crippen LogP contribution is 2.35. The van der Waals surface area contributed by atoms with Gasteiger partial charge in [0.1, 0.15) is 11.5 Å². The van der Waals surface area contributed by atoms with Gasteiger partial charge < -0.3 is 19.5 Å².